The minimum absolute atomic E-state index is 0.307. The second-order valence-electron chi connectivity index (χ2n) is 7.71. The number of carbonyl (C=O) groups is 1. The fourth-order valence-electron chi connectivity index (χ4n) is 4.23. The van der Waals surface area contributed by atoms with E-state index in [0.29, 0.717) is 23.8 Å². The lowest BCUT2D eigenvalue weighted by atomic mass is 9.72. The molecule has 0 unspecified atom stereocenters. The molecule has 2 aliphatic heterocycles. The van der Waals surface area contributed by atoms with Crippen LogP contribution in [-0.4, -0.2) is 47.9 Å². The maximum absolute atomic E-state index is 12.7. The van der Waals surface area contributed by atoms with E-state index in [4.69, 9.17) is 0 Å². The van der Waals surface area contributed by atoms with Crippen LogP contribution >= 0.6 is 0 Å². The Morgan fingerprint density at radius 1 is 1.09 bits per heavy atom. The van der Waals surface area contributed by atoms with Crippen LogP contribution in [0, 0.1) is 5.41 Å². The lowest BCUT2D eigenvalue weighted by Crippen LogP contribution is -2.52. The zero-order chi connectivity index (χ0) is 16.3. The topological polar surface area (TPSA) is 23.6 Å². The number of amides is 1. The van der Waals surface area contributed by atoms with E-state index in [1.807, 2.05) is 18.2 Å². The molecule has 2 saturated heterocycles. The summed E-state index contributed by atoms with van der Waals surface area (Å²) >= 11 is 0. The quantitative estimate of drug-likeness (QED) is 0.854. The molecule has 0 atom stereocenters. The Bertz CT molecular complexity index is 518. The zero-order valence-electron chi connectivity index (χ0n) is 14.6. The number of benzene rings is 1. The van der Waals surface area contributed by atoms with Crippen molar-refractivity contribution in [3.05, 3.63) is 35.9 Å². The molecule has 23 heavy (non-hydrogen) atoms. The van der Waals surface area contributed by atoms with Crippen molar-refractivity contribution in [1.82, 2.24) is 9.80 Å². The van der Waals surface area contributed by atoms with Crippen LogP contribution in [0.3, 0.4) is 0 Å². The first-order valence-electron chi connectivity index (χ1n) is 9.14. The van der Waals surface area contributed by atoms with E-state index in [9.17, 15) is 4.79 Å². The molecule has 1 aromatic rings. The monoisotopic (exact) mass is 314 g/mol. The van der Waals surface area contributed by atoms with Crippen LogP contribution in [0.25, 0.3) is 0 Å². The first-order valence-corrected chi connectivity index (χ1v) is 9.14. The van der Waals surface area contributed by atoms with E-state index in [0.717, 1.165) is 18.7 Å². The molecule has 3 nitrogen and oxygen atoms in total. The molecule has 1 aromatic carbocycles. The summed E-state index contributed by atoms with van der Waals surface area (Å²) in [6.07, 6.45) is 5.52. The third-order valence-electron chi connectivity index (χ3n) is 5.80. The van der Waals surface area contributed by atoms with Crippen LogP contribution in [0.2, 0.25) is 0 Å². The number of hydrogen-bond acceptors (Lipinski definition) is 2. The summed E-state index contributed by atoms with van der Waals surface area (Å²) in [5.41, 5.74) is 1.52. The van der Waals surface area contributed by atoms with Gasteiger partial charge in [0.25, 0.3) is 0 Å². The number of hydrogen-bond donors (Lipinski definition) is 0. The summed E-state index contributed by atoms with van der Waals surface area (Å²) in [6, 6.07) is 10.8. The summed E-state index contributed by atoms with van der Waals surface area (Å²) < 4.78 is 0. The Morgan fingerprint density at radius 3 is 2.43 bits per heavy atom. The van der Waals surface area contributed by atoms with Gasteiger partial charge in [-0.15, -0.1) is 0 Å². The first kappa shape index (κ1) is 16.5. The van der Waals surface area contributed by atoms with Gasteiger partial charge in [-0.05, 0) is 63.6 Å². The van der Waals surface area contributed by atoms with Crippen LogP contribution in [-0.2, 0) is 11.2 Å². The minimum Gasteiger partial charge on any atom is -0.342 e. The summed E-state index contributed by atoms with van der Waals surface area (Å²) in [5.74, 6) is 0.307. The standard InChI is InChI=1S/C20H30N2O/c1-17(2)21-13-10-20(11-14-21)9-6-12-22(16-20)19(23)15-18-7-4-3-5-8-18/h3-5,7-8,17H,6,9-16H2,1-2H3. The second-order valence-corrected chi connectivity index (χ2v) is 7.71. The lowest BCUT2D eigenvalue weighted by Gasteiger charge is -2.48. The molecule has 0 aromatic heterocycles. The van der Waals surface area contributed by atoms with Crippen molar-refractivity contribution in [2.45, 2.75) is 52.0 Å². The van der Waals surface area contributed by atoms with Gasteiger partial charge >= 0.3 is 0 Å². The number of likely N-dealkylation sites (tertiary alicyclic amines) is 2. The Morgan fingerprint density at radius 2 is 1.78 bits per heavy atom. The molecular weight excluding hydrogens is 284 g/mol. The van der Waals surface area contributed by atoms with Crippen LogP contribution in [0.4, 0.5) is 0 Å². The molecule has 1 spiro atoms. The molecule has 2 heterocycles. The number of rotatable bonds is 3. The van der Waals surface area contributed by atoms with E-state index >= 15 is 0 Å². The molecule has 0 saturated carbocycles. The van der Waals surface area contributed by atoms with Gasteiger partial charge in [0.15, 0.2) is 0 Å². The summed E-state index contributed by atoms with van der Waals surface area (Å²) in [5, 5.41) is 0. The average Bonchev–Trinajstić information content (AvgIpc) is 2.56. The van der Waals surface area contributed by atoms with E-state index in [-0.39, 0.29) is 0 Å². The van der Waals surface area contributed by atoms with E-state index < -0.39 is 0 Å². The van der Waals surface area contributed by atoms with Crippen LogP contribution in [0.15, 0.2) is 30.3 Å². The minimum atomic E-state index is 0.307. The maximum Gasteiger partial charge on any atom is 0.227 e. The van der Waals surface area contributed by atoms with Gasteiger partial charge in [0.2, 0.25) is 5.91 Å². The smallest absolute Gasteiger partial charge is 0.227 e. The normalized spacial score (nSPS) is 21.8. The molecule has 2 aliphatic rings. The first-order chi connectivity index (χ1) is 11.1. The van der Waals surface area contributed by atoms with Gasteiger partial charge in [-0.2, -0.15) is 0 Å². The van der Waals surface area contributed by atoms with Gasteiger partial charge in [-0.1, -0.05) is 30.3 Å². The summed E-state index contributed by atoms with van der Waals surface area (Å²) in [7, 11) is 0. The van der Waals surface area contributed by atoms with Gasteiger partial charge in [-0.3, -0.25) is 4.79 Å². The molecule has 0 radical (unpaired) electrons. The van der Waals surface area contributed by atoms with Crippen LogP contribution < -0.4 is 0 Å². The SMILES string of the molecule is CC(C)N1CCC2(CCCN(C(=O)Cc3ccccc3)C2)CC1. The van der Waals surface area contributed by atoms with Gasteiger partial charge in [0.1, 0.15) is 0 Å². The fourth-order valence-corrected chi connectivity index (χ4v) is 4.23. The largest absolute Gasteiger partial charge is 0.342 e. The van der Waals surface area contributed by atoms with Crippen molar-refractivity contribution in [3.8, 4) is 0 Å². The number of piperidine rings is 2. The predicted octanol–water partition coefficient (Wildman–Crippen LogP) is 3.34. The molecule has 1 amide bonds. The Hall–Kier alpha value is -1.35. The van der Waals surface area contributed by atoms with Crippen molar-refractivity contribution < 1.29 is 4.79 Å². The van der Waals surface area contributed by atoms with E-state index in [1.54, 1.807) is 0 Å². The molecular formula is C20H30N2O. The Labute approximate surface area is 140 Å². The van der Waals surface area contributed by atoms with Gasteiger partial charge in [0, 0.05) is 19.1 Å². The van der Waals surface area contributed by atoms with Crippen molar-refractivity contribution in [3.63, 3.8) is 0 Å². The Balaban J connectivity index is 1.59. The average molecular weight is 314 g/mol. The van der Waals surface area contributed by atoms with Crippen LogP contribution in [0.1, 0.15) is 45.1 Å². The summed E-state index contributed by atoms with van der Waals surface area (Å²) in [6.45, 7) is 8.88. The highest BCUT2D eigenvalue weighted by atomic mass is 16.2. The molecule has 0 N–H and O–H groups in total. The predicted molar refractivity (Wildman–Crippen MR) is 94.3 cm³/mol. The Kier molecular flexibility index (Phi) is 5.05. The molecule has 2 fully saturated rings. The highest BCUT2D eigenvalue weighted by Gasteiger charge is 2.39. The second kappa shape index (κ2) is 7.04. The van der Waals surface area contributed by atoms with Crippen molar-refractivity contribution in [2.75, 3.05) is 26.2 Å². The molecule has 126 valence electrons. The summed E-state index contributed by atoms with van der Waals surface area (Å²) in [4.78, 5) is 17.4. The van der Waals surface area contributed by atoms with Crippen molar-refractivity contribution in [2.24, 2.45) is 5.41 Å². The highest BCUT2D eigenvalue weighted by molar-refractivity contribution is 5.78. The lowest BCUT2D eigenvalue weighted by molar-refractivity contribution is -0.135. The maximum atomic E-state index is 12.7. The van der Waals surface area contributed by atoms with Crippen LogP contribution in [0.5, 0.6) is 0 Å². The highest BCUT2D eigenvalue weighted by Crippen LogP contribution is 2.40. The van der Waals surface area contributed by atoms with Crippen molar-refractivity contribution in [1.29, 1.82) is 0 Å². The molecule has 3 heteroatoms. The molecule has 0 aliphatic carbocycles. The zero-order valence-corrected chi connectivity index (χ0v) is 14.6. The molecule has 0 bridgehead atoms. The number of carbonyl (C=O) groups excluding carboxylic acids is 1. The van der Waals surface area contributed by atoms with E-state index in [1.165, 1.54) is 38.8 Å². The third kappa shape index (κ3) is 3.95. The van der Waals surface area contributed by atoms with Gasteiger partial charge in [0.05, 0.1) is 6.42 Å². The third-order valence-corrected chi connectivity index (χ3v) is 5.80. The number of nitrogens with zero attached hydrogens (tertiary/aromatic N) is 2. The van der Waals surface area contributed by atoms with Gasteiger partial charge in [-0.25, -0.2) is 0 Å². The van der Waals surface area contributed by atoms with E-state index in [2.05, 4.69) is 35.8 Å². The fraction of sp³-hybridized carbons (Fsp3) is 0.650. The molecule has 3 rings (SSSR count). The van der Waals surface area contributed by atoms with Gasteiger partial charge < -0.3 is 9.80 Å². The van der Waals surface area contributed by atoms with Crippen molar-refractivity contribution >= 4 is 5.91 Å².